The number of nitrogens with two attached hydrogens (primary N) is 1. The number of hydrogen-bond acceptors (Lipinski definition) is 38. The number of unbranched alkanes of at least 4 members (excludes halogenated alkanes) is 2. The maximum absolute atomic E-state index is 13.6. The van der Waals surface area contributed by atoms with Gasteiger partial charge in [0.15, 0.2) is 18.9 Å². The minimum Gasteiger partial charge on any atom is -0.394 e. The number of carbonyl (C=O) groups excluding carboxylic acids is 4. The molecule has 0 spiro atoms. The molecule has 15 N–H and O–H groups in total. The Morgan fingerprint density at radius 1 is 0.425 bits per heavy atom. The molecule has 0 bridgehead atoms. The lowest BCUT2D eigenvalue weighted by Crippen LogP contribution is -2.64. The van der Waals surface area contributed by atoms with E-state index < -0.39 is 142 Å². The van der Waals surface area contributed by atoms with Gasteiger partial charge >= 0.3 is 0 Å². The molecule has 0 aliphatic carbocycles. The lowest BCUT2D eigenvalue weighted by atomic mass is 9.97. The molecule has 3 aromatic heterocycles. The zero-order chi connectivity index (χ0) is 81.4. The van der Waals surface area contributed by atoms with Gasteiger partial charge in [-0.25, -0.2) is 14.0 Å². The monoisotopic (exact) mass is 1630 g/mol. The van der Waals surface area contributed by atoms with Crippen LogP contribution in [-0.2, 0) is 144 Å². The Kier molecular flexibility index (Phi) is 48.0. The third-order valence-electron chi connectivity index (χ3n) is 17.4. The van der Waals surface area contributed by atoms with Gasteiger partial charge < -0.3 is 158 Å². The molecule has 0 aromatic carbocycles. The molecule has 0 radical (unpaired) electrons. The van der Waals surface area contributed by atoms with Crippen LogP contribution >= 0.6 is 0 Å². The molecule has 3 saturated heterocycles. The summed E-state index contributed by atoms with van der Waals surface area (Å²) < 4.78 is 108. The van der Waals surface area contributed by atoms with Crippen molar-refractivity contribution in [3.05, 3.63) is 35.7 Å². The minimum absolute atomic E-state index is 0.00648. The molecule has 0 saturated carbocycles. The largest absolute Gasteiger partial charge is 0.394 e. The van der Waals surface area contributed by atoms with Crippen LogP contribution in [0.15, 0.2) is 18.6 Å². The number of aromatic nitrogens is 9. The first kappa shape index (κ1) is 96.0. The molecule has 4 amide bonds. The van der Waals surface area contributed by atoms with E-state index in [1.165, 1.54) is 20.8 Å². The smallest absolute Gasteiger partial charge is 0.220 e. The summed E-state index contributed by atoms with van der Waals surface area (Å²) in [6.45, 7) is 8.68. The van der Waals surface area contributed by atoms with Crippen molar-refractivity contribution in [2.45, 2.75) is 196 Å². The second-order valence-corrected chi connectivity index (χ2v) is 26.3. The lowest BCUT2D eigenvalue weighted by molar-refractivity contribution is -0.272. The predicted molar refractivity (Wildman–Crippen MR) is 383 cm³/mol. The van der Waals surface area contributed by atoms with Crippen LogP contribution in [0.1, 0.15) is 70.0 Å². The van der Waals surface area contributed by atoms with Gasteiger partial charge in [0.05, 0.1) is 235 Å². The molecule has 3 fully saturated rings. The van der Waals surface area contributed by atoms with Crippen molar-refractivity contribution in [3.63, 3.8) is 0 Å². The number of nitrogens with one attached hydrogen (secondary N) is 4. The Morgan fingerprint density at radius 2 is 0.752 bits per heavy atom. The van der Waals surface area contributed by atoms with Crippen LogP contribution in [0.4, 0.5) is 0 Å². The standard InChI is InChI=1S/C68H120N14O31/c1-45(86)70-57-63(93)60(90)53(38-83)111-66(57)107-32-29-102-26-23-99-20-17-96-14-10-80-35-48(74-77-80)41-105-13-8-52(110-43-50-37-82(79-76-50)12-16-98-19-22-101-25-28-104-31-34-109-68-59(72-47(3)88)65(95)62(92)55(40-85)113-68)51(73-56(89)7-5-4-6-9-69)44-106-42-49-36-81(78-75-49)11-15-97-18-21-100-24-27-103-30-33-108-67-58(71-46(2)87)64(94)61(91)54(39-84)112-67/h35-37,51-55,57-68,83-85,90-95H,4-34,38-44,69H2,1-3H3,(H,70,86)(H,71,87)(H,72,88)(H,73,89)/t51?,52?,53-,54-,55-,57-,58-,59-,60+,61+,62+,63-,64-,65-,66-,67-,68-/m1/s1. The number of aliphatic hydroxyl groups excluding tert-OH is 9. The fourth-order valence-corrected chi connectivity index (χ4v) is 11.5. The van der Waals surface area contributed by atoms with Gasteiger partial charge in [-0.15, -0.1) is 15.3 Å². The fraction of sp³-hybridized carbons (Fsp3) is 0.853. The van der Waals surface area contributed by atoms with E-state index in [0.29, 0.717) is 89.1 Å². The van der Waals surface area contributed by atoms with E-state index >= 15 is 0 Å². The third kappa shape index (κ3) is 37.1. The van der Waals surface area contributed by atoms with Crippen LogP contribution in [-0.4, -0.2) is 397 Å². The van der Waals surface area contributed by atoms with E-state index in [1.807, 2.05) is 0 Å². The summed E-state index contributed by atoms with van der Waals surface area (Å²) in [7, 11) is 0. The Bertz CT molecular complexity index is 3010. The zero-order valence-electron chi connectivity index (χ0n) is 64.5. The highest BCUT2D eigenvalue weighted by atomic mass is 16.7. The molecule has 648 valence electrons. The van der Waals surface area contributed by atoms with Gasteiger partial charge in [0, 0.05) is 33.8 Å². The lowest BCUT2D eigenvalue weighted by Gasteiger charge is -2.42. The molecule has 6 heterocycles. The number of nitrogens with zero attached hydrogens (tertiary/aromatic N) is 9. The quantitative estimate of drug-likeness (QED) is 0.0233. The Balaban J connectivity index is 0.914. The van der Waals surface area contributed by atoms with Gasteiger partial charge in [-0.1, -0.05) is 22.1 Å². The number of aliphatic hydroxyl groups is 9. The van der Waals surface area contributed by atoms with Gasteiger partial charge in [-0.2, -0.15) is 0 Å². The number of amides is 4. The molecule has 113 heavy (non-hydrogen) atoms. The fourth-order valence-electron chi connectivity index (χ4n) is 11.5. The van der Waals surface area contributed by atoms with Crippen molar-refractivity contribution in [1.29, 1.82) is 0 Å². The van der Waals surface area contributed by atoms with Crippen LogP contribution in [0.3, 0.4) is 0 Å². The highest BCUT2D eigenvalue weighted by Crippen LogP contribution is 2.25. The van der Waals surface area contributed by atoms with E-state index in [0.717, 1.165) is 12.8 Å². The SMILES string of the molecule is CC(=O)N[C@H]1[C@H](OCCOCCOCCOCCn2cc(COCCC(OCc3cn(CCOCCOCCOCCO[C@@H]4O[C@H](CO)[C@H](O)[C@H](O)[C@H]4NC(C)=O)nn3)C(COCc3cn(CCOCCOCCOCCO[C@@H]4O[C@H](CO)[C@H](O)[C@H](O)[C@H]4NC(C)=O)nn3)NC(=O)CCCCCN)nn2)O[C@H](CO)[C@H](O)[C@@H]1O. The maximum atomic E-state index is 13.6. The third-order valence-corrected chi connectivity index (χ3v) is 17.4. The van der Waals surface area contributed by atoms with Crippen molar-refractivity contribution in [2.75, 3.05) is 178 Å². The van der Waals surface area contributed by atoms with Crippen molar-refractivity contribution < 1.29 is 150 Å². The first-order valence-corrected chi connectivity index (χ1v) is 38.0. The summed E-state index contributed by atoms with van der Waals surface area (Å²) in [6, 6.07) is -3.85. The predicted octanol–water partition coefficient (Wildman–Crippen LogP) is -7.80. The first-order chi connectivity index (χ1) is 54.8. The van der Waals surface area contributed by atoms with Crippen LogP contribution in [0.25, 0.3) is 0 Å². The summed E-state index contributed by atoms with van der Waals surface area (Å²) >= 11 is 0. The minimum atomic E-state index is -1.42. The number of hydrogen-bond donors (Lipinski definition) is 14. The molecule has 17 atom stereocenters. The Morgan fingerprint density at radius 3 is 1.09 bits per heavy atom. The van der Waals surface area contributed by atoms with Crippen LogP contribution in [0.5, 0.6) is 0 Å². The van der Waals surface area contributed by atoms with Gasteiger partial charge in [0.25, 0.3) is 0 Å². The van der Waals surface area contributed by atoms with Crippen LogP contribution in [0, 0.1) is 0 Å². The van der Waals surface area contributed by atoms with Crippen LogP contribution < -0.4 is 27.0 Å². The average Bonchev–Trinajstić information content (AvgIpc) is 1.47. The Labute approximate surface area is 654 Å². The highest BCUT2D eigenvalue weighted by Gasteiger charge is 2.48. The number of rotatable bonds is 64. The molecule has 2 unspecified atom stereocenters. The summed E-state index contributed by atoms with van der Waals surface area (Å²) in [5.41, 5.74) is 7.34. The first-order valence-electron chi connectivity index (χ1n) is 38.0. The second-order valence-electron chi connectivity index (χ2n) is 26.3. The normalized spacial score (nSPS) is 24.5. The Hall–Kier alpha value is -5.82. The van der Waals surface area contributed by atoms with E-state index in [9.17, 15) is 65.1 Å². The van der Waals surface area contributed by atoms with Crippen LogP contribution in [0.2, 0.25) is 0 Å². The second kappa shape index (κ2) is 56.5. The van der Waals surface area contributed by atoms with E-state index in [-0.39, 0.29) is 151 Å². The number of carbonyl (C=O) groups is 4. The zero-order valence-corrected chi connectivity index (χ0v) is 64.5. The molecule has 3 aromatic rings. The van der Waals surface area contributed by atoms with Crippen molar-refractivity contribution >= 4 is 23.6 Å². The molecular formula is C68H120N14O31. The molecule has 45 nitrogen and oxygen atoms in total. The van der Waals surface area contributed by atoms with Gasteiger partial charge in [-0.3, -0.25) is 19.2 Å². The molecular weight excluding hydrogens is 1510 g/mol. The van der Waals surface area contributed by atoms with E-state index in [1.54, 1.807) is 32.6 Å². The summed E-state index contributed by atoms with van der Waals surface area (Å²) in [6.07, 6.45) is -7.98. The summed E-state index contributed by atoms with van der Waals surface area (Å²) in [4.78, 5) is 48.7. The van der Waals surface area contributed by atoms with Crippen molar-refractivity contribution in [1.82, 2.24) is 66.2 Å². The average molecular weight is 1630 g/mol. The van der Waals surface area contributed by atoms with Crippen molar-refractivity contribution in [3.8, 4) is 0 Å². The van der Waals surface area contributed by atoms with E-state index in [2.05, 4.69) is 52.2 Å². The molecule has 3 aliphatic heterocycles. The maximum Gasteiger partial charge on any atom is 0.220 e. The summed E-state index contributed by atoms with van der Waals surface area (Å²) in [5, 5.41) is 127. The summed E-state index contributed by atoms with van der Waals surface area (Å²) in [5.74, 6) is -1.59. The number of ether oxygens (including phenoxy) is 18. The highest BCUT2D eigenvalue weighted by molar-refractivity contribution is 5.76. The topological polar surface area (TPSA) is 583 Å². The molecule has 3 aliphatic rings. The van der Waals surface area contributed by atoms with Gasteiger partial charge in [0.1, 0.15) is 90.1 Å². The molecule has 45 heteroatoms. The molecule has 6 rings (SSSR count). The van der Waals surface area contributed by atoms with Gasteiger partial charge in [-0.05, 0) is 25.8 Å². The van der Waals surface area contributed by atoms with Gasteiger partial charge in [0.2, 0.25) is 23.6 Å². The van der Waals surface area contributed by atoms with E-state index in [4.69, 9.17) is 91.0 Å². The van der Waals surface area contributed by atoms with Crippen molar-refractivity contribution in [2.24, 2.45) is 5.73 Å².